The molecule has 2 unspecified atom stereocenters. The maximum Gasteiger partial charge on any atom is 0.422 e. The Hall–Kier alpha value is -3.17. The summed E-state index contributed by atoms with van der Waals surface area (Å²) in [7, 11) is 0. The molecule has 10 heteroatoms. The molecular weight excluding hydrogens is 449 g/mol. The highest BCUT2D eigenvalue weighted by Gasteiger charge is 2.59. The molecule has 2 atom stereocenters. The van der Waals surface area contributed by atoms with E-state index in [4.69, 9.17) is 21.4 Å². The Morgan fingerprint density at radius 3 is 2.31 bits per heavy atom. The summed E-state index contributed by atoms with van der Waals surface area (Å²) in [4.78, 5) is 18.5. The van der Waals surface area contributed by atoms with E-state index in [1.54, 1.807) is 0 Å². The van der Waals surface area contributed by atoms with Crippen molar-refractivity contribution in [2.45, 2.75) is 31.5 Å². The number of carbonyl (C=O) groups is 1. The minimum atomic E-state index is -4.99. The Kier molecular flexibility index (Phi) is 6.43. The Morgan fingerprint density at radius 2 is 1.78 bits per heavy atom. The molecule has 3 rings (SSSR count). The van der Waals surface area contributed by atoms with Crippen molar-refractivity contribution in [2.24, 2.45) is 0 Å². The molecule has 0 aliphatic heterocycles. The first-order valence-electron chi connectivity index (χ1n) is 9.32. The van der Waals surface area contributed by atoms with E-state index in [0.717, 1.165) is 6.07 Å². The highest BCUT2D eigenvalue weighted by molar-refractivity contribution is 6.31. The fourth-order valence-electron chi connectivity index (χ4n) is 3.29. The summed E-state index contributed by atoms with van der Waals surface area (Å²) in [5.74, 6) is -2.24. The third kappa shape index (κ3) is 4.53. The van der Waals surface area contributed by atoms with Gasteiger partial charge in [0.25, 0.3) is 0 Å². The van der Waals surface area contributed by atoms with Gasteiger partial charge in [-0.1, -0.05) is 24.6 Å². The molecule has 2 aromatic heterocycles. The number of hydrogen-bond donors (Lipinski definition) is 2. The number of benzene rings is 1. The van der Waals surface area contributed by atoms with Gasteiger partial charge in [0.2, 0.25) is 0 Å². The summed E-state index contributed by atoms with van der Waals surface area (Å²) >= 11 is 6.27. The van der Waals surface area contributed by atoms with Gasteiger partial charge in [0.05, 0.1) is 6.20 Å². The molecule has 0 saturated carbocycles. The van der Waals surface area contributed by atoms with Gasteiger partial charge in [-0.2, -0.15) is 13.2 Å². The first-order valence-corrected chi connectivity index (χ1v) is 9.70. The molecule has 0 saturated heterocycles. The van der Waals surface area contributed by atoms with Gasteiger partial charge in [-0.25, -0.2) is 9.78 Å². The lowest BCUT2D eigenvalue weighted by molar-refractivity contribution is -0.274. The van der Waals surface area contributed by atoms with Gasteiger partial charge >= 0.3 is 12.1 Å². The summed E-state index contributed by atoms with van der Waals surface area (Å²) in [6, 6.07) is 8.99. The first-order chi connectivity index (χ1) is 14.9. The third-order valence-corrected chi connectivity index (χ3v) is 5.35. The number of hydrogen-bond acceptors (Lipinski definition) is 5. The van der Waals surface area contributed by atoms with E-state index in [0.29, 0.717) is 5.69 Å². The summed E-state index contributed by atoms with van der Waals surface area (Å²) in [5.41, 5.74) is -3.32. The number of pyridine rings is 2. The Morgan fingerprint density at radius 1 is 1.09 bits per heavy atom. The van der Waals surface area contributed by atoms with E-state index in [2.05, 4.69) is 9.97 Å². The average molecular weight is 467 g/mol. The van der Waals surface area contributed by atoms with E-state index >= 15 is 0 Å². The molecule has 2 heterocycles. The number of nitrogens with zero attached hydrogens (tertiary/aromatic N) is 2. The van der Waals surface area contributed by atoms with Crippen LogP contribution in [0.15, 0.2) is 54.9 Å². The van der Waals surface area contributed by atoms with Crippen molar-refractivity contribution >= 4 is 17.6 Å². The Balaban J connectivity index is 1.93. The van der Waals surface area contributed by atoms with Gasteiger partial charge in [-0.05, 0) is 54.4 Å². The lowest BCUT2D eigenvalue weighted by atomic mass is 9.78. The maximum absolute atomic E-state index is 14.1. The number of alkyl halides is 3. The molecule has 0 aliphatic rings. The minimum Gasteiger partial charge on any atom is -0.477 e. The van der Waals surface area contributed by atoms with Crippen LogP contribution in [0.1, 0.15) is 40.2 Å². The zero-order chi connectivity index (χ0) is 23.7. The van der Waals surface area contributed by atoms with Crippen molar-refractivity contribution in [3.63, 3.8) is 0 Å². The fraction of sp³-hybridized carbons (Fsp3) is 0.227. The number of aryl methyl sites for hydroxylation is 1. The van der Waals surface area contributed by atoms with Crippen LogP contribution < -0.4 is 4.74 Å². The number of carboxylic acids is 1. The number of rotatable bonds is 6. The first kappa shape index (κ1) is 23.5. The second-order valence-corrected chi connectivity index (χ2v) is 7.55. The molecule has 1 aromatic carbocycles. The standard InChI is InChI=1S/C22H18ClF3N2O4/c1-12-9-14(7-8-27-12)21(31,22(24,25)26)13(2)17-5-3-15(10-18(17)23)32-16-4-6-19(20(29)30)28-11-16/h3-11,13,31H,1-2H3,(H,29,30). The van der Waals surface area contributed by atoms with E-state index in [9.17, 15) is 23.1 Å². The molecule has 168 valence electrons. The molecule has 2 N–H and O–H groups in total. The minimum absolute atomic E-state index is 0.0430. The summed E-state index contributed by atoms with van der Waals surface area (Å²) in [5, 5.41) is 19.7. The Bertz CT molecular complexity index is 1140. The highest BCUT2D eigenvalue weighted by Crippen LogP contribution is 2.50. The lowest BCUT2D eigenvalue weighted by Gasteiger charge is -2.37. The van der Waals surface area contributed by atoms with E-state index < -0.39 is 23.7 Å². The molecule has 6 nitrogen and oxygen atoms in total. The largest absolute Gasteiger partial charge is 0.477 e. The molecule has 32 heavy (non-hydrogen) atoms. The zero-order valence-corrected chi connectivity index (χ0v) is 17.6. The molecule has 0 radical (unpaired) electrons. The second kappa shape index (κ2) is 8.76. The van der Waals surface area contributed by atoms with Crippen molar-refractivity contribution in [2.75, 3.05) is 0 Å². The number of ether oxygens (including phenoxy) is 1. The van der Waals surface area contributed by atoms with Crippen LogP contribution in [0.4, 0.5) is 13.2 Å². The number of aromatic nitrogens is 2. The van der Waals surface area contributed by atoms with Gasteiger partial charge in [0.1, 0.15) is 17.2 Å². The monoisotopic (exact) mass is 466 g/mol. The topological polar surface area (TPSA) is 92.5 Å². The van der Waals surface area contributed by atoms with Crippen LogP contribution in [0.25, 0.3) is 0 Å². The molecule has 3 aromatic rings. The van der Waals surface area contributed by atoms with E-state index in [1.165, 1.54) is 62.6 Å². The molecule has 0 aliphatic carbocycles. The van der Waals surface area contributed by atoms with Crippen LogP contribution in [-0.4, -0.2) is 32.3 Å². The van der Waals surface area contributed by atoms with Crippen LogP contribution >= 0.6 is 11.6 Å². The molecule has 0 fully saturated rings. The molecule has 0 bridgehead atoms. The summed E-state index contributed by atoms with van der Waals surface area (Å²) in [6.07, 6.45) is -2.59. The average Bonchev–Trinajstić information content (AvgIpc) is 2.72. The van der Waals surface area contributed by atoms with E-state index in [-0.39, 0.29) is 33.3 Å². The third-order valence-electron chi connectivity index (χ3n) is 5.03. The zero-order valence-electron chi connectivity index (χ0n) is 16.9. The van der Waals surface area contributed by atoms with Gasteiger partial charge in [-0.3, -0.25) is 4.98 Å². The van der Waals surface area contributed by atoms with Crippen LogP contribution in [0.2, 0.25) is 5.02 Å². The second-order valence-electron chi connectivity index (χ2n) is 7.14. The van der Waals surface area contributed by atoms with Crippen molar-refractivity contribution in [3.05, 3.63) is 82.4 Å². The van der Waals surface area contributed by atoms with Crippen LogP contribution in [-0.2, 0) is 5.60 Å². The molecule has 0 spiro atoms. The number of aromatic carboxylic acids is 1. The normalized spacial score (nSPS) is 14.5. The molecular formula is C22H18ClF3N2O4. The van der Waals surface area contributed by atoms with Crippen LogP contribution in [0, 0.1) is 6.92 Å². The highest BCUT2D eigenvalue weighted by atomic mass is 35.5. The maximum atomic E-state index is 14.1. The predicted molar refractivity (Wildman–Crippen MR) is 110 cm³/mol. The van der Waals surface area contributed by atoms with Crippen LogP contribution in [0.3, 0.4) is 0 Å². The quantitative estimate of drug-likeness (QED) is 0.499. The smallest absolute Gasteiger partial charge is 0.422 e. The number of carboxylic acid groups (broad SMARTS) is 1. The van der Waals surface area contributed by atoms with E-state index in [1.807, 2.05) is 0 Å². The number of aliphatic hydroxyl groups is 1. The number of halogens is 4. The summed E-state index contributed by atoms with van der Waals surface area (Å²) in [6.45, 7) is 2.77. The fourth-order valence-corrected chi connectivity index (χ4v) is 3.63. The SMILES string of the molecule is Cc1cc(C(O)(C(C)c2ccc(Oc3ccc(C(=O)O)nc3)cc2Cl)C(F)(F)F)ccn1. The van der Waals surface area contributed by atoms with Gasteiger partial charge in [0, 0.05) is 22.8 Å². The van der Waals surface area contributed by atoms with Crippen molar-refractivity contribution in [1.29, 1.82) is 0 Å². The molecule has 0 amide bonds. The van der Waals surface area contributed by atoms with Crippen molar-refractivity contribution in [3.8, 4) is 11.5 Å². The van der Waals surface area contributed by atoms with Crippen molar-refractivity contribution in [1.82, 2.24) is 9.97 Å². The van der Waals surface area contributed by atoms with Gasteiger partial charge in [-0.15, -0.1) is 0 Å². The summed E-state index contributed by atoms with van der Waals surface area (Å²) < 4.78 is 47.7. The van der Waals surface area contributed by atoms with Crippen molar-refractivity contribution < 1.29 is 32.9 Å². The predicted octanol–water partition coefficient (Wildman–Crippen LogP) is 5.48. The Labute approximate surface area is 186 Å². The lowest BCUT2D eigenvalue weighted by Crippen LogP contribution is -2.46. The van der Waals surface area contributed by atoms with Gasteiger partial charge < -0.3 is 14.9 Å². The van der Waals surface area contributed by atoms with Crippen LogP contribution in [0.5, 0.6) is 11.5 Å². The van der Waals surface area contributed by atoms with Gasteiger partial charge in [0.15, 0.2) is 5.60 Å².